The zero-order valence-corrected chi connectivity index (χ0v) is 25.7. The summed E-state index contributed by atoms with van der Waals surface area (Å²) in [5, 5.41) is 3.20. The predicted octanol–water partition coefficient (Wildman–Crippen LogP) is 5.43. The highest BCUT2D eigenvalue weighted by Crippen LogP contribution is 2.35. The van der Waals surface area contributed by atoms with Gasteiger partial charge in [-0.05, 0) is 55.2 Å². The van der Waals surface area contributed by atoms with Crippen molar-refractivity contribution in [2.75, 3.05) is 24.5 Å². The summed E-state index contributed by atoms with van der Waals surface area (Å²) in [7, 11) is -2.83. The topological polar surface area (TPSA) is 96.0 Å². The maximum absolute atomic E-state index is 14.2. The fraction of sp³-hybridized carbons (Fsp3) is 0.355. The van der Waals surface area contributed by atoms with E-state index in [1.54, 1.807) is 24.3 Å². The van der Waals surface area contributed by atoms with Gasteiger partial charge in [0.15, 0.2) is 0 Å². The summed E-state index contributed by atoms with van der Waals surface area (Å²) in [6.45, 7) is 7.66. The Kier molecular flexibility index (Phi) is 11.2. The number of ether oxygens (including phenoxy) is 1. The zero-order valence-electron chi connectivity index (χ0n) is 24.1. The minimum absolute atomic E-state index is 0.00857. The van der Waals surface area contributed by atoms with Crippen LogP contribution in [0.5, 0.6) is 5.75 Å². The van der Waals surface area contributed by atoms with E-state index >= 15 is 0 Å². The molecule has 0 spiro atoms. The van der Waals surface area contributed by atoms with E-state index < -0.39 is 28.5 Å². The van der Waals surface area contributed by atoms with Crippen molar-refractivity contribution in [1.82, 2.24) is 10.2 Å². The molecule has 0 fully saturated rings. The van der Waals surface area contributed by atoms with Gasteiger partial charge in [-0.15, -0.1) is 0 Å². The molecule has 0 saturated carbocycles. The first-order valence-corrected chi connectivity index (χ1v) is 15.3. The van der Waals surface area contributed by atoms with Gasteiger partial charge in [-0.3, -0.25) is 13.9 Å². The largest absolute Gasteiger partial charge is 0.495 e. The minimum Gasteiger partial charge on any atom is -0.495 e. The summed E-state index contributed by atoms with van der Waals surface area (Å²) < 4.78 is 34.6. The van der Waals surface area contributed by atoms with Crippen molar-refractivity contribution in [2.45, 2.75) is 51.6 Å². The van der Waals surface area contributed by atoms with Crippen molar-refractivity contribution in [3.05, 3.63) is 88.9 Å². The lowest BCUT2D eigenvalue weighted by molar-refractivity contribution is -0.140. The number of amides is 2. The summed E-state index contributed by atoms with van der Waals surface area (Å²) in [5.74, 6) is -0.383. The van der Waals surface area contributed by atoms with Gasteiger partial charge in [-0.25, -0.2) is 8.42 Å². The molecule has 3 aromatic carbocycles. The average molecular weight is 600 g/mol. The van der Waals surface area contributed by atoms with Crippen molar-refractivity contribution in [1.29, 1.82) is 0 Å². The molecule has 3 aromatic rings. The number of aryl methyl sites for hydroxylation is 1. The van der Waals surface area contributed by atoms with Crippen LogP contribution < -0.4 is 14.4 Å². The van der Waals surface area contributed by atoms with Crippen LogP contribution in [0.15, 0.2) is 77.7 Å². The van der Waals surface area contributed by atoms with Gasteiger partial charge in [0.25, 0.3) is 10.0 Å². The Morgan fingerprint density at radius 1 is 1.00 bits per heavy atom. The van der Waals surface area contributed by atoms with Crippen LogP contribution in [-0.2, 0) is 26.2 Å². The van der Waals surface area contributed by atoms with Crippen molar-refractivity contribution in [3.8, 4) is 5.75 Å². The zero-order chi connectivity index (χ0) is 30.2. The quantitative estimate of drug-likeness (QED) is 0.283. The van der Waals surface area contributed by atoms with Crippen molar-refractivity contribution >= 4 is 39.1 Å². The van der Waals surface area contributed by atoms with Crippen molar-refractivity contribution in [3.63, 3.8) is 0 Å². The Labute approximate surface area is 248 Å². The van der Waals surface area contributed by atoms with Crippen LogP contribution in [0, 0.1) is 12.8 Å². The molecule has 0 bridgehead atoms. The Hall–Kier alpha value is -3.56. The highest BCUT2D eigenvalue weighted by Gasteiger charge is 2.35. The first-order chi connectivity index (χ1) is 19.5. The molecule has 8 nitrogen and oxygen atoms in total. The highest BCUT2D eigenvalue weighted by molar-refractivity contribution is 7.92. The van der Waals surface area contributed by atoms with Crippen LogP contribution in [0.2, 0.25) is 5.02 Å². The number of methoxy groups -OCH3 is 1. The number of carbonyl (C=O) groups is 2. The number of hydrogen-bond acceptors (Lipinski definition) is 5. The van der Waals surface area contributed by atoms with E-state index in [9.17, 15) is 18.0 Å². The molecule has 0 heterocycles. The molecule has 10 heteroatoms. The third-order valence-electron chi connectivity index (χ3n) is 6.56. The number of halogens is 1. The van der Waals surface area contributed by atoms with Gasteiger partial charge in [0, 0.05) is 18.1 Å². The standard InChI is InChI=1S/C31H38ClN3O5S/c1-6-27(31(37)33-19-22(2)3)34(20-24-10-8-7-9-11-24)30(36)21-35(28-18-25(32)14-17-29(28)40-5)41(38,39)26-15-12-23(4)13-16-26/h7-18,22,27H,6,19-21H2,1-5H3,(H,33,37). The lowest BCUT2D eigenvalue weighted by Gasteiger charge is -2.33. The molecule has 0 radical (unpaired) electrons. The fourth-order valence-corrected chi connectivity index (χ4v) is 5.91. The molecule has 41 heavy (non-hydrogen) atoms. The van der Waals surface area contributed by atoms with Gasteiger partial charge >= 0.3 is 0 Å². The maximum atomic E-state index is 14.2. The van der Waals surface area contributed by atoms with Crippen LogP contribution in [0.25, 0.3) is 0 Å². The number of nitrogens with zero attached hydrogens (tertiary/aromatic N) is 2. The van der Waals surface area contributed by atoms with E-state index in [4.69, 9.17) is 16.3 Å². The number of carbonyl (C=O) groups excluding carboxylic acids is 2. The van der Waals surface area contributed by atoms with Crippen LogP contribution in [0.3, 0.4) is 0 Å². The molecule has 2 amide bonds. The molecule has 0 aliphatic heterocycles. The Bertz CT molecular complexity index is 1430. The molecule has 0 aromatic heterocycles. The number of rotatable bonds is 13. The summed E-state index contributed by atoms with van der Waals surface area (Å²) in [6.07, 6.45) is 0.341. The van der Waals surface area contributed by atoms with E-state index in [1.165, 1.54) is 30.2 Å². The second kappa shape index (κ2) is 14.4. The summed E-state index contributed by atoms with van der Waals surface area (Å²) >= 11 is 6.29. The van der Waals surface area contributed by atoms with Gasteiger partial charge in [0.1, 0.15) is 18.3 Å². The average Bonchev–Trinajstić information content (AvgIpc) is 2.95. The molecule has 1 N–H and O–H groups in total. The Morgan fingerprint density at radius 2 is 1.66 bits per heavy atom. The van der Waals surface area contributed by atoms with Crippen molar-refractivity contribution in [2.24, 2.45) is 5.92 Å². The summed E-state index contributed by atoms with van der Waals surface area (Å²) in [4.78, 5) is 28.9. The summed E-state index contributed by atoms with van der Waals surface area (Å²) in [5.41, 5.74) is 1.81. The fourth-order valence-electron chi connectivity index (χ4n) is 4.33. The van der Waals surface area contributed by atoms with Crippen LogP contribution >= 0.6 is 11.6 Å². The third-order valence-corrected chi connectivity index (χ3v) is 8.57. The number of benzene rings is 3. The number of sulfonamides is 1. The molecular weight excluding hydrogens is 562 g/mol. The molecule has 220 valence electrons. The summed E-state index contributed by atoms with van der Waals surface area (Å²) in [6, 6.07) is 19.4. The smallest absolute Gasteiger partial charge is 0.264 e. The van der Waals surface area contributed by atoms with Gasteiger partial charge in [-0.2, -0.15) is 0 Å². The van der Waals surface area contributed by atoms with Crippen LogP contribution in [0.4, 0.5) is 5.69 Å². The minimum atomic E-state index is -4.25. The van der Waals surface area contributed by atoms with Crippen LogP contribution in [0.1, 0.15) is 38.3 Å². The second-order valence-corrected chi connectivity index (χ2v) is 12.5. The molecule has 0 aliphatic rings. The third kappa shape index (κ3) is 8.24. The van der Waals surface area contributed by atoms with Gasteiger partial charge in [-0.1, -0.05) is 80.4 Å². The SMILES string of the molecule is CCC(C(=O)NCC(C)C)N(Cc1ccccc1)C(=O)CN(c1cc(Cl)ccc1OC)S(=O)(=O)c1ccc(C)cc1. The van der Waals surface area contributed by atoms with Gasteiger partial charge < -0.3 is 15.0 Å². The Balaban J connectivity index is 2.10. The van der Waals surface area contributed by atoms with Gasteiger partial charge in [0.2, 0.25) is 11.8 Å². The second-order valence-electron chi connectivity index (χ2n) is 10.2. The number of hydrogen-bond donors (Lipinski definition) is 1. The molecule has 0 saturated heterocycles. The normalized spacial score (nSPS) is 12.1. The molecule has 0 aliphatic carbocycles. The first-order valence-electron chi connectivity index (χ1n) is 13.5. The number of nitrogens with one attached hydrogen (secondary N) is 1. The van der Waals surface area contributed by atoms with E-state index in [-0.39, 0.29) is 39.7 Å². The van der Waals surface area contributed by atoms with E-state index in [0.29, 0.717) is 13.0 Å². The van der Waals surface area contributed by atoms with Crippen LogP contribution in [-0.4, -0.2) is 51.4 Å². The lowest BCUT2D eigenvalue weighted by Crippen LogP contribution is -2.52. The van der Waals surface area contributed by atoms with E-state index in [0.717, 1.165) is 15.4 Å². The van der Waals surface area contributed by atoms with E-state index in [2.05, 4.69) is 5.32 Å². The maximum Gasteiger partial charge on any atom is 0.264 e. The molecule has 1 atom stereocenters. The first kappa shape index (κ1) is 32.0. The van der Waals surface area contributed by atoms with Crippen molar-refractivity contribution < 1.29 is 22.7 Å². The Morgan fingerprint density at radius 3 is 2.24 bits per heavy atom. The lowest BCUT2D eigenvalue weighted by atomic mass is 10.1. The predicted molar refractivity (Wildman–Crippen MR) is 163 cm³/mol. The highest BCUT2D eigenvalue weighted by atomic mass is 35.5. The molecule has 3 rings (SSSR count). The molecular formula is C31H38ClN3O5S. The van der Waals surface area contributed by atoms with E-state index in [1.807, 2.05) is 58.0 Å². The number of anilines is 1. The monoisotopic (exact) mass is 599 g/mol. The molecule has 1 unspecified atom stereocenters. The van der Waals surface area contributed by atoms with Gasteiger partial charge in [0.05, 0.1) is 17.7 Å².